The molecule has 0 bridgehead atoms. The Morgan fingerprint density at radius 2 is 1.88 bits per heavy atom. The fraction of sp³-hybridized carbons (Fsp3) is 0.176. The third-order valence-corrected chi connectivity index (χ3v) is 4.89. The summed E-state index contributed by atoms with van der Waals surface area (Å²) in [7, 11) is 5.20. The number of anilines is 2. The summed E-state index contributed by atoms with van der Waals surface area (Å²) in [5.74, 6) is -0.341. The first kappa shape index (κ1) is 16.8. The fourth-order valence-corrected chi connectivity index (χ4v) is 3.40. The molecular formula is C17H16N4O3S. The number of aromatic nitrogens is 1. The van der Waals surface area contributed by atoms with E-state index in [0.717, 1.165) is 10.2 Å². The van der Waals surface area contributed by atoms with Gasteiger partial charge in [-0.3, -0.25) is 19.8 Å². The van der Waals surface area contributed by atoms with E-state index in [9.17, 15) is 14.9 Å². The summed E-state index contributed by atoms with van der Waals surface area (Å²) in [4.78, 5) is 31.2. The van der Waals surface area contributed by atoms with Crippen LogP contribution < -0.4 is 9.80 Å². The number of hydrogen-bond donors (Lipinski definition) is 0. The van der Waals surface area contributed by atoms with Crippen LogP contribution in [0.4, 0.5) is 16.5 Å². The second-order valence-corrected chi connectivity index (χ2v) is 6.69. The Morgan fingerprint density at radius 1 is 1.16 bits per heavy atom. The number of amides is 1. The van der Waals surface area contributed by atoms with Crippen LogP contribution in [0.25, 0.3) is 10.2 Å². The van der Waals surface area contributed by atoms with E-state index in [0.29, 0.717) is 10.8 Å². The number of thiazole rings is 1. The van der Waals surface area contributed by atoms with Crippen molar-refractivity contribution < 1.29 is 9.72 Å². The zero-order valence-electron chi connectivity index (χ0n) is 14.0. The van der Waals surface area contributed by atoms with Crippen molar-refractivity contribution in [3.63, 3.8) is 0 Å². The van der Waals surface area contributed by atoms with E-state index in [1.807, 2.05) is 24.3 Å². The molecule has 3 rings (SSSR count). The summed E-state index contributed by atoms with van der Waals surface area (Å²) in [5, 5.41) is 11.6. The monoisotopic (exact) mass is 356 g/mol. The van der Waals surface area contributed by atoms with Gasteiger partial charge < -0.3 is 4.90 Å². The molecule has 2 aromatic carbocycles. The number of nitrogens with zero attached hydrogens (tertiary/aromatic N) is 4. The van der Waals surface area contributed by atoms with Gasteiger partial charge in [0.25, 0.3) is 11.6 Å². The van der Waals surface area contributed by atoms with Crippen molar-refractivity contribution in [3.8, 4) is 0 Å². The minimum absolute atomic E-state index is 0.119. The van der Waals surface area contributed by atoms with E-state index in [4.69, 9.17) is 0 Å². The second kappa shape index (κ2) is 6.48. The number of fused-ring (bicyclic) bond motifs is 1. The van der Waals surface area contributed by atoms with Gasteiger partial charge in [-0.2, -0.15) is 0 Å². The lowest BCUT2D eigenvalue weighted by molar-refractivity contribution is -0.384. The van der Waals surface area contributed by atoms with Gasteiger partial charge in [0.05, 0.1) is 20.7 Å². The molecule has 1 aromatic heterocycles. The highest BCUT2D eigenvalue weighted by Gasteiger charge is 2.23. The zero-order chi connectivity index (χ0) is 18.1. The largest absolute Gasteiger partial charge is 0.377 e. The maximum absolute atomic E-state index is 13.0. The number of para-hydroxylation sites is 1. The Labute approximate surface area is 148 Å². The van der Waals surface area contributed by atoms with Crippen LogP contribution in [0.5, 0.6) is 0 Å². The van der Waals surface area contributed by atoms with Crippen LogP contribution in [0.2, 0.25) is 0 Å². The minimum Gasteiger partial charge on any atom is -0.377 e. The molecule has 0 atom stereocenters. The second-order valence-electron chi connectivity index (χ2n) is 5.68. The lowest BCUT2D eigenvalue weighted by atomic mass is 10.1. The van der Waals surface area contributed by atoms with Crippen molar-refractivity contribution in [2.45, 2.75) is 0 Å². The van der Waals surface area contributed by atoms with Gasteiger partial charge in [-0.15, -0.1) is 0 Å². The van der Waals surface area contributed by atoms with E-state index < -0.39 is 4.92 Å². The van der Waals surface area contributed by atoms with E-state index in [-0.39, 0.29) is 17.2 Å². The number of hydrogen-bond acceptors (Lipinski definition) is 6. The summed E-state index contributed by atoms with van der Waals surface area (Å²) in [6, 6.07) is 11.9. The molecule has 1 heterocycles. The fourth-order valence-electron chi connectivity index (χ4n) is 2.47. The third-order valence-electron chi connectivity index (χ3n) is 3.78. The van der Waals surface area contributed by atoms with Crippen molar-refractivity contribution in [2.24, 2.45) is 0 Å². The van der Waals surface area contributed by atoms with E-state index in [1.54, 1.807) is 32.1 Å². The Hall–Kier alpha value is -3.00. The highest BCUT2D eigenvalue weighted by Crippen LogP contribution is 2.31. The predicted molar refractivity (Wildman–Crippen MR) is 99.8 cm³/mol. The topological polar surface area (TPSA) is 79.6 Å². The molecule has 0 saturated carbocycles. The number of carbonyl (C=O) groups excluding carboxylic acids is 1. The molecule has 0 radical (unpaired) electrons. The lowest BCUT2D eigenvalue weighted by Crippen LogP contribution is -2.28. The van der Waals surface area contributed by atoms with E-state index in [1.165, 1.54) is 28.4 Å². The molecule has 0 aliphatic rings. The lowest BCUT2D eigenvalue weighted by Gasteiger charge is -2.20. The van der Waals surface area contributed by atoms with Gasteiger partial charge in [0.1, 0.15) is 0 Å². The summed E-state index contributed by atoms with van der Waals surface area (Å²) in [6.07, 6.45) is 0. The first-order chi connectivity index (χ1) is 11.9. The molecule has 1 amide bonds. The maximum atomic E-state index is 13.0. The normalized spacial score (nSPS) is 10.7. The maximum Gasteiger partial charge on any atom is 0.270 e. The van der Waals surface area contributed by atoms with Gasteiger partial charge in [0.15, 0.2) is 5.13 Å². The average molecular weight is 356 g/mol. The van der Waals surface area contributed by atoms with Gasteiger partial charge in [-0.1, -0.05) is 23.5 Å². The Morgan fingerprint density at radius 3 is 2.52 bits per heavy atom. The number of benzene rings is 2. The summed E-state index contributed by atoms with van der Waals surface area (Å²) in [5.41, 5.74) is 1.57. The summed E-state index contributed by atoms with van der Waals surface area (Å²) < 4.78 is 0.976. The van der Waals surface area contributed by atoms with Crippen LogP contribution in [0.15, 0.2) is 42.5 Å². The van der Waals surface area contributed by atoms with Crippen LogP contribution in [-0.2, 0) is 0 Å². The molecule has 8 heteroatoms. The Balaban J connectivity index is 2.03. The molecule has 0 spiro atoms. The zero-order valence-corrected chi connectivity index (χ0v) is 14.8. The van der Waals surface area contributed by atoms with E-state index in [2.05, 4.69) is 4.98 Å². The van der Waals surface area contributed by atoms with Crippen molar-refractivity contribution in [1.29, 1.82) is 0 Å². The number of rotatable bonds is 4. The first-order valence-electron chi connectivity index (χ1n) is 7.48. The molecule has 3 aromatic rings. The van der Waals surface area contributed by atoms with Crippen molar-refractivity contribution in [2.75, 3.05) is 30.9 Å². The SMILES string of the molecule is CN(C)c1ccc([N+](=O)[O-])cc1C(=O)N(C)c1nc2ccccc2s1. The first-order valence-corrected chi connectivity index (χ1v) is 8.29. The average Bonchev–Trinajstić information content (AvgIpc) is 3.03. The van der Waals surface area contributed by atoms with Gasteiger partial charge in [-0.05, 0) is 18.2 Å². The van der Waals surface area contributed by atoms with Gasteiger partial charge in [0, 0.05) is 39.0 Å². The minimum atomic E-state index is -0.506. The molecule has 0 aliphatic heterocycles. The molecule has 0 aliphatic carbocycles. The Kier molecular flexibility index (Phi) is 4.37. The summed E-state index contributed by atoms with van der Waals surface area (Å²) in [6.45, 7) is 0. The van der Waals surface area contributed by atoms with Crippen molar-refractivity contribution >= 4 is 44.0 Å². The quantitative estimate of drug-likeness (QED) is 0.528. The molecule has 0 N–H and O–H groups in total. The van der Waals surface area contributed by atoms with Crippen LogP contribution in [0.3, 0.4) is 0 Å². The van der Waals surface area contributed by atoms with E-state index >= 15 is 0 Å². The molecule has 0 fully saturated rings. The summed E-state index contributed by atoms with van der Waals surface area (Å²) >= 11 is 1.40. The van der Waals surface area contributed by atoms with Crippen LogP contribution >= 0.6 is 11.3 Å². The number of nitro groups is 1. The molecular weight excluding hydrogens is 340 g/mol. The molecule has 25 heavy (non-hydrogen) atoms. The Bertz CT molecular complexity index is 934. The molecule has 128 valence electrons. The number of nitro benzene ring substituents is 1. The van der Waals surface area contributed by atoms with Crippen LogP contribution in [0, 0.1) is 10.1 Å². The standard InChI is InChI=1S/C17H16N4O3S/c1-19(2)14-9-8-11(21(23)24)10-12(14)16(22)20(3)17-18-13-6-4-5-7-15(13)25-17/h4-10H,1-3H3. The highest BCUT2D eigenvalue weighted by molar-refractivity contribution is 7.22. The molecule has 0 unspecified atom stereocenters. The van der Waals surface area contributed by atoms with Gasteiger partial charge in [-0.25, -0.2) is 4.98 Å². The molecule has 7 nitrogen and oxygen atoms in total. The third kappa shape index (κ3) is 3.16. The van der Waals surface area contributed by atoms with Crippen LogP contribution in [-0.4, -0.2) is 37.0 Å². The number of non-ortho nitro benzene ring substituents is 1. The van der Waals surface area contributed by atoms with Crippen molar-refractivity contribution in [3.05, 3.63) is 58.1 Å². The number of carbonyl (C=O) groups is 1. The van der Waals surface area contributed by atoms with Gasteiger partial charge in [0.2, 0.25) is 0 Å². The smallest absolute Gasteiger partial charge is 0.270 e. The molecule has 0 saturated heterocycles. The van der Waals surface area contributed by atoms with Gasteiger partial charge >= 0.3 is 0 Å². The van der Waals surface area contributed by atoms with Crippen molar-refractivity contribution in [1.82, 2.24) is 4.98 Å². The highest BCUT2D eigenvalue weighted by atomic mass is 32.1. The predicted octanol–water partition coefficient (Wildman–Crippen LogP) is 3.55. The van der Waals surface area contributed by atoms with Crippen LogP contribution in [0.1, 0.15) is 10.4 Å².